The normalized spacial score (nSPS) is 10.8. The average Bonchev–Trinajstić information content (AvgIpc) is 2.38. The Bertz CT molecular complexity index is 695. The van der Waals surface area contributed by atoms with E-state index in [4.69, 9.17) is 0 Å². The van der Waals surface area contributed by atoms with Crippen LogP contribution >= 0.6 is 0 Å². The van der Waals surface area contributed by atoms with Crippen LogP contribution in [0.3, 0.4) is 0 Å². The van der Waals surface area contributed by atoms with Crippen LogP contribution in [0.1, 0.15) is 0 Å². The Morgan fingerprint density at radius 2 is 1.26 bits per heavy atom. The molecule has 1 aromatic carbocycles. The van der Waals surface area contributed by atoms with Crippen molar-refractivity contribution in [3.8, 4) is 11.1 Å². The van der Waals surface area contributed by atoms with E-state index >= 15 is 0 Å². The number of rotatable bonds is 1. The van der Waals surface area contributed by atoms with E-state index < -0.39 is 51.6 Å². The quantitative estimate of drug-likeness (QED) is 0.486. The molecular weight excluding hydrogens is 276 g/mol. The molecule has 0 aliphatic heterocycles. The summed E-state index contributed by atoms with van der Waals surface area (Å²) in [5.74, 6) is -12.3. The van der Waals surface area contributed by atoms with Crippen LogP contribution in [0.5, 0.6) is 0 Å². The zero-order valence-electron chi connectivity index (χ0n) is 8.83. The number of aromatic nitrogens is 1. The number of hydrogen-bond acceptors (Lipinski definition) is 1. The van der Waals surface area contributed by atoms with Crippen LogP contribution in [-0.2, 0) is 0 Å². The fourth-order valence-electron chi connectivity index (χ4n) is 1.48. The molecule has 0 fully saturated rings. The second kappa shape index (κ2) is 4.45. The zero-order valence-corrected chi connectivity index (χ0v) is 8.83. The van der Waals surface area contributed by atoms with Crippen molar-refractivity contribution in [1.29, 1.82) is 0 Å². The summed E-state index contributed by atoms with van der Waals surface area (Å²) in [5.41, 5.74) is -3.66. The highest BCUT2D eigenvalue weighted by Gasteiger charge is 2.28. The standard InChI is InChI=1S/C11H3F6NO/c12-3-1-4(11(19)18-2-3)5-6(13)8(15)10(17)9(16)7(5)14/h1-2H,(H,18,19). The predicted octanol–water partition coefficient (Wildman–Crippen LogP) is 2.88. The van der Waals surface area contributed by atoms with Crippen molar-refractivity contribution in [3.63, 3.8) is 0 Å². The summed E-state index contributed by atoms with van der Waals surface area (Å²) in [6.45, 7) is 0. The predicted molar refractivity (Wildman–Crippen MR) is 52.2 cm³/mol. The van der Waals surface area contributed by atoms with Crippen LogP contribution in [-0.4, -0.2) is 4.98 Å². The van der Waals surface area contributed by atoms with Gasteiger partial charge in [-0.25, -0.2) is 26.3 Å². The van der Waals surface area contributed by atoms with E-state index in [0.717, 1.165) is 0 Å². The third-order valence-corrected chi connectivity index (χ3v) is 2.35. The fourth-order valence-corrected chi connectivity index (χ4v) is 1.48. The lowest BCUT2D eigenvalue weighted by Gasteiger charge is -2.07. The van der Waals surface area contributed by atoms with Gasteiger partial charge in [0, 0.05) is 6.20 Å². The Hall–Kier alpha value is -2.25. The smallest absolute Gasteiger partial charge is 0.256 e. The second-order valence-corrected chi connectivity index (χ2v) is 3.51. The second-order valence-electron chi connectivity index (χ2n) is 3.51. The number of aromatic amines is 1. The van der Waals surface area contributed by atoms with E-state index in [1.165, 1.54) is 0 Å². The molecule has 0 bridgehead atoms. The highest BCUT2D eigenvalue weighted by Crippen LogP contribution is 2.29. The van der Waals surface area contributed by atoms with E-state index in [9.17, 15) is 31.1 Å². The van der Waals surface area contributed by atoms with Crippen molar-refractivity contribution >= 4 is 0 Å². The number of hydrogen-bond donors (Lipinski definition) is 1. The van der Waals surface area contributed by atoms with Gasteiger partial charge in [-0.05, 0) is 6.07 Å². The van der Waals surface area contributed by atoms with Gasteiger partial charge in [0.2, 0.25) is 5.82 Å². The van der Waals surface area contributed by atoms with Gasteiger partial charge in [0.25, 0.3) is 5.56 Å². The van der Waals surface area contributed by atoms with E-state index in [2.05, 4.69) is 0 Å². The maximum Gasteiger partial charge on any atom is 0.256 e. The molecule has 19 heavy (non-hydrogen) atoms. The number of H-pyrrole nitrogens is 1. The number of pyridine rings is 1. The van der Waals surface area contributed by atoms with Gasteiger partial charge in [-0.15, -0.1) is 0 Å². The lowest BCUT2D eigenvalue weighted by molar-refractivity contribution is 0.381. The molecule has 1 aromatic heterocycles. The van der Waals surface area contributed by atoms with Gasteiger partial charge in [-0.1, -0.05) is 0 Å². The van der Waals surface area contributed by atoms with Crippen LogP contribution in [0.15, 0.2) is 17.1 Å². The van der Waals surface area contributed by atoms with Crippen molar-refractivity contribution in [1.82, 2.24) is 4.98 Å². The molecule has 2 rings (SSSR count). The molecule has 1 heterocycles. The van der Waals surface area contributed by atoms with Gasteiger partial charge in [-0.2, -0.15) is 0 Å². The van der Waals surface area contributed by atoms with Gasteiger partial charge in [0.1, 0.15) is 5.82 Å². The van der Waals surface area contributed by atoms with Crippen LogP contribution in [0.25, 0.3) is 11.1 Å². The van der Waals surface area contributed by atoms with Gasteiger partial charge in [0.15, 0.2) is 23.3 Å². The molecule has 0 saturated carbocycles. The highest BCUT2D eigenvalue weighted by atomic mass is 19.2. The van der Waals surface area contributed by atoms with Gasteiger partial charge in [-0.3, -0.25) is 4.79 Å². The molecule has 0 atom stereocenters. The molecular formula is C11H3F6NO. The van der Waals surface area contributed by atoms with Crippen molar-refractivity contribution < 1.29 is 26.3 Å². The van der Waals surface area contributed by atoms with E-state index in [-0.39, 0.29) is 0 Å². The molecule has 2 aromatic rings. The monoisotopic (exact) mass is 279 g/mol. The zero-order chi connectivity index (χ0) is 14.3. The summed E-state index contributed by atoms with van der Waals surface area (Å²) in [4.78, 5) is 13.1. The van der Waals surface area contributed by atoms with Crippen molar-refractivity contribution in [2.75, 3.05) is 0 Å². The Morgan fingerprint density at radius 3 is 1.79 bits per heavy atom. The SMILES string of the molecule is O=c1[nH]cc(F)cc1-c1c(F)c(F)c(F)c(F)c1F. The minimum Gasteiger partial charge on any atom is -0.326 e. The molecule has 0 spiro atoms. The first-order valence-corrected chi connectivity index (χ1v) is 4.74. The maximum absolute atomic E-state index is 13.4. The highest BCUT2D eigenvalue weighted by molar-refractivity contribution is 5.64. The number of nitrogens with one attached hydrogen (secondary N) is 1. The number of benzene rings is 1. The van der Waals surface area contributed by atoms with E-state index in [1.54, 1.807) is 4.98 Å². The lowest BCUT2D eigenvalue weighted by atomic mass is 10.0. The van der Waals surface area contributed by atoms with Crippen molar-refractivity contribution in [2.24, 2.45) is 0 Å². The Kier molecular flexibility index (Phi) is 3.09. The maximum atomic E-state index is 13.4. The Balaban J connectivity index is 2.91. The van der Waals surface area contributed by atoms with Crippen LogP contribution < -0.4 is 5.56 Å². The van der Waals surface area contributed by atoms with E-state index in [0.29, 0.717) is 12.3 Å². The molecule has 1 N–H and O–H groups in total. The molecule has 0 radical (unpaired) electrons. The summed E-state index contributed by atoms with van der Waals surface area (Å²) in [6, 6.07) is 0.372. The summed E-state index contributed by atoms with van der Waals surface area (Å²) in [6.07, 6.45) is 0.581. The minimum atomic E-state index is -2.36. The Morgan fingerprint density at radius 1 is 0.789 bits per heavy atom. The van der Waals surface area contributed by atoms with Crippen LogP contribution in [0.2, 0.25) is 0 Å². The summed E-state index contributed by atoms with van der Waals surface area (Å²) in [5, 5.41) is 0. The van der Waals surface area contributed by atoms with E-state index in [1.807, 2.05) is 0 Å². The van der Waals surface area contributed by atoms with Crippen LogP contribution in [0, 0.1) is 34.9 Å². The van der Waals surface area contributed by atoms with Crippen LogP contribution in [0.4, 0.5) is 26.3 Å². The van der Waals surface area contributed by atoms with Gasteiger partial charge < -0.3 is 4.98 Å². The third-order valence-electron chi connectivity index (χ3n) is 2.35. The molecule has 0 saturated heterocycles. The fraction of sp³-hybridized carbons (Fsp3) is 0. The average molecular weight is 279 g/mol. The molecule has 0 unspecified atom stereocenters. The Labute approximate surface area is 101 Å². The first kappa shape index (κ1) is 13.2. The molecule has 8 heteroatoms. The molecule has 2 nitrogen and oxygen atoms in total. The van der Waals surface area contributed by atoms with Crippen molar-refractivity contribution in [3.05, 3.63) is 57.5 Å². The lowest BCUT2D eigenvalue weighted by Crippen LogP contribution is -2.13. The first-order valence-electron chi connectivity index (χ1n) is 4.74. The summed E-state index contributed by atoms with van der Waals surface area (Å²) < 4.78 is 78.4. The summed E-state index contributed by atoms with van der Waals surface area (Å²) >= 11 is 0. The van der Waals surface area contributed by atoms with Crippen molar-refractivity contribution in [2.45, 2.75) is 0 Å². The summed E-state index contributed by atoms with van der Waals surface area (Å²) in [7, 11) is 0. The van der Waals surface area contributed by atoms with Gasteiger partial charge in [0.05, 0.1) is 11.1 Å². The topological polar surface area (TPSA) is 32.9 Å². The molecule has 0 aliphatic carbocycles. The minimum absolute atomic E-state index is 0.372. The molecule has 0 amide bonds. The molecule has 100 valence electrons. The largest absolute Gasteiger partial charge is 0.326 e. The number of halogens is 6. The first-order chi connectivity index (χ1) is 8.84. The van der Waals surface area contributed by atoms with Gasteiger partial charge >= 0.3 is 0 Å². The third kappa shape index (κ3) is 1.98. The molecule has 0 aliphatic rings.